The van der Waals surface area contributed by atoms with Crippen LogP contribution in [0.3, 0.4) is 0 Å². The van der Waals surface area contributed by atoms with Gasteiger partial charge in [0.05, 0.1) is 13.0 Å². The average Bonchev–Trinajstić information content (AvgIpc) is 2.76. The van der Waals surface area contributed by atoms with Crippen molar-refractivity contribution < 1.29 is 28.7 Å². The van der Waals surface area contributed by atoms with Gasteiger partial charge in [-0.25, -0.2) is 4.79 Å². The van der Waals surface area contributed by atoms with Gasteiger partial charge >= 0.3 is 12.1 Å². The first-order chi connectivity index (χ1) is 17.4. The Morgan fingerprint density at radius 2 is 1.84 bits per heavy atom. The zero-order valence-corrected chi connectivity index (χ0v) is 23.7. The van der Waals surface area contributed by atoms with Crippen LogP contribution in [0.25, 0.3) is 0 Å². The maximum atomic E-state index is 13.9. The number of carbonyl (C=O) groups is 4. The van der Waals surface area contributed by atoms with Crippen molar-refractivity contribution in [1.82, 2.24) is 15.5 Å². The minimum atomic E-state index is -0.987. The number of carbonyl (C=O) groups excluding carboxylic acids is 4. The van der Waals surface area contributed by atoms with Crippen LogP contribution in [0.1, 0.15) is 76.1 Å². The monoisotopic (exact) mass is 535 g/mol. The molecule has 2 unspecified atom stereocenters. The molecule has 2 rings (SSSR count). The van der Waals surface area contributed by atoms with E-state index in [1.807, 2.05) is 32.0 Å². The molecule has 2 N–H and O–H groups in total. The van der Waals surface area contributed by atoms with Crippen molar-refractivity contribution in [2.75, 3.05) is 18.9 Å². The molecule has 1 aromatic carbocycles. The number of amides is 3. The third-order valence-electron chi connectivity index (χ3n) is 6.08. The molecule has 0 saturated heterocycles. The van der Waals surface area contributed by atoms with E-state index in [1.54, 1.807) is 32.6 Å². The van der Waals surface area contributed by atoms with Crippen LogP contribution in [0.5, 0.6) is 0 Å². The third kappa shape index (κ3) is 8.94. The molecule has 3 amide bonds. The van der Waals surface area contributed by atoms with Crippen molar-refractivity contribution in [2.45, 2.75) is 91.0 Å². The van der Waals surface area contributed by atoms with E-state index in [1.165, 1.54) is 0 Å². The van der Waals surface area contributed by atoms with Crippen LogP contribution in [-0.4, -0.2) is 65.4 Å². The van der Waals surface area contributed by atoms with E-state index in [0.717, 1.165) is 30.4 Å². The maximum Gasteiger partial charge on any atom is 0.408 e. The van der Waals surface area contributed by atoms with E-state index < -0.39 is 41.6 Å². The highest BCUT2D eigenvalue weighted by atomic mass is 32.1. The summed E-state index contributed by atoms with van der Waals surface area (Å²) in [6.07, 6.45) is 1.72. The first kappa shape index (κ1) is 30.5. The topological polar surface area (TPSA) is 114 Å². The summed E-state index contributed by atoms with van der Waals surface area (Å²) in [7, 11) is 0. The molecule has 0 aromatic heterocycles. The predicted octanol–water partition coefficient (Wildman–Crippen LogP) is 3.62. The van der Waals surface area contributed by atoms with Crippen LogP contribution in [0, 0.1) is 13.8 Å². The third-order valence-corrected chi connectivity index (χ3v) is 6.45. The van der Waals surface area contributed by atoms with Crippen LogP contribution < -0.4 is 10.6 Å². The normalized spacial score (nSPS) is 15.1. The van der Waals surface area contributed by atoms with Crippen molar-refractivity contribution in [1.29, 1.82) is 0 Å². The Hall–Kier alpha value is -2.75. The zero-order valence-electron chi connectivity index (χ0n) is 22.8. The fourth-order valence-electron chi connectivity index (χ4n) is 4.09. The lowest BCUT2D eigenvalue weighted by Crippen LogP contribution is -2.58. The number of benzene rings is 1. The predicted molar refractivity (Wildman–Crippen MR) is 144 cm³/mol. The number of hydrogen-bond acceptors (Lipinski definition) is 7. The molecule has 0 heterocycles. The summed E-state index contributed by atoms with van der Waals surface area (Å²) in [5.41, 5.74) is 1.77. The molecule has 1 saturated carbocycles. The maximum absolute atomic E-state index is 13.9. The summed E-state index contributed by atoms with van der Waals surface area (Å²) < 4.78 is 10.3. The molecule has 1 aromatic rings. The Balaban J connectivity index is 2.41. The summed E-state index contributed by atoms with van der Waals surface area (Å²) in [6, 6.07) is 3.67. The first-order valence-electron chi connectivity index (χ1n) is 12.8. The van der Waals surface area contributed by atoms with E-state index in [9.17, 15) is 19.2 Å². The molecule has 9 nitrogen and oxygen atoms in total. The molecule has 0 radical (unpaired) electrons. The second kappa shape index (κ2) is 13.7. The van der Waals surface area contributed by atoms with Crippen LogP contribution >= 0.6 is 12.6 Å². The van der Waals surface area contributed by atoms with E-state index >= 15 is 0 Å². The van der Waals surface area contributed by atoms with Gasteiger partial charge in [-0.2, -0.15) is 12.6 Å². The van der Waals surface area contributed by atoms with Gasteiger partial charge in [-0.15, -0.1) is 0 Å². The Morgan fingerprint density at radius 3 is 2.38 bits per heavy atom. The SMILES string of the molecule is CCOC(=O)CCNC(=O)C(c1cc(C)ccc1C)N(C(=O)C(CS)NC(=O)OC(C)(C)C)C1CCC1. The van der Waals surface area contributed by atoms with Crippen molar-refractivity contribution in [2.24, 2.45) is 0 Å². The summed E-state index contributed by atoms with van der Waals surface area (Å²) >= 11 is 4.32. The first-order valence-corrected chi connectivity index (χ1v) is 13.4. The second-order valence-electron chi connectivity index (χ2n) is 10.3. The lowest BCUT2D eigenvalue weighted by atomic mass is 9.87. The Labute approximate surface area is 225 Å². The van der Waals surface area contributed by atoms with E-state index in [2.05, 4.69) is 23.3 Å². The van der Waals surface area contributed by atoms with Crippen molar-refractivity contribution >= 4 is 36.5 Å². The van der Waals surface area contributed by atoms with Gasteiger partial charge in [0.2, 0.25) is 11.8 Å². The van der Waals surface area contributed by atoms with Crippen molar-refractivity contribution in [3.8, 4) is 0 Å². The van der Waals surface area contributed by atoms with E-state index in [-0.39, 0.29) is 31.4 Å². The number of aryl methyl sites for hydroxylation is 2. The fraction of sp³-hybridized carbons (Fsp3) is 0.630. The highest BCUT2D eigenvalue weighted by Gasteiger charge is 2.42. The Kier molecular flexibility index (Phi) is 11.3. The molecule has 1 aliphatic rings. The molecule has 2 atom stereocenters. The summed E-state index contributed by atoms with van der Waals surface area (Å²) in [5, 5.41) is 5.45. The number of esters is 1. The summed E-state index contributed by atoms with van der Waals surface area (Å²) in [5.74, 6) is -1.18. The van der Waals surface area contributed by atoms with Gasteiger partial charge < -0.3 is 25.0 Å². The molecule has 0 bridgehead atoms. The Bertz CT molecular complexity index is 973. The molecule has 1 fully saturated rings. The number of thiol groups is 1. The van der Waals surface area contributed by atoms with Crippen LogP contribution in [0.2, 0.25) is 0 Å². The average molecular weight is 536 g/mol. The van der Waals surface area contributed by atoms with Gasteiger partial charge in [-0.3, -0.25) is 14.4 Å². The molecule has 1 aliphatic carbocycles. The highest BCUT2D eigenvalue weighted by molar-refractivity contribution is 7.80. The number of nitrogens with one attached hydrogen (secondary N) is 2. The number of rotatable bonds is 11. The second-order valence-corrected chi connectivity index (χ2v) is 10.7. The highest BCUT2D eigenvalue weighted by Crippen LogP contribution is 2.35. The number of alkyl carbamates (subject to hydrolysis) is 1. The zero-order chi connectivity index (χ0) is 27.8. The van der Waals surface area contributed by atoms with Gasteiger partial charge in [0.15, 0.2) is 0 Å². The van der Waals surface area contributed by atoms with E-state index in [0.29, 0.717) is 5.56 Å². The van der Waals surface area contributed by atoms with Crippen LogP contribution in [0.15, 0.2) is 18.2 Å². The van der Waals surface area contributed by atoms with Gasteiger partial charge in [0.1, 0.15) is 17.7 Å². The lowest BCUT2D eigenvalue weighted by molar-refractivity contribution is -0.147. The quantitative estimate of drug-likeness (QED) is 0.295. The number of hydrogen-bond donors (Lipinski definition) is 3. The summed E-state index contributed by atoms with van der Waals surface area (Å²) in [4.78, 5) is 53.5. The number of ether oxygens (including phenoxy) is 2. The van der Waals surface area contributed by atoms with Gasteiger partial charge in [-0.1, -0.05) is 23.8 Å². The largest absolute Gasteiger partial charge is 0.466 e. The minimum absolute atomic E-state index is 0.0237. The lowest BCUT2D eigenvalue weighted by Gasteiger charge is -2.43. The van der Waals surface area contributed by atoms with Crippen LogP contribution in [-0.2, 0) is 23.9 Å². The minimum Gasteiger partial charge on any atom is -0.466 e. The molecule has 0 spiro atoms. The number of nitrogens with zero attached hydrogens (tertiary/aromatic N) is 1. The molecular weight excluding hydrogens is 494 g/mol. The van der Waals surface area contributed by atoms with Crippen molar-refractivity contribution in [3.63, 3.8) is 0 Å². The molecule has 0 aliphatic heterocycles. The van der Waals surface area contributed by atoms with Crippen molar-refractivity contribution in [3.05, 3.63) is 34.9 Å². The molecule has 37 heavy (non-hydrogen) atoms. The smallest absolute Gasteiger partial charge is 0.408 e. The van der Waals surface area contributed by atoms with Gasteiger partial charge in [0, 0.05) is 18.3 Å². The van der Waals surface area contributed by atoms with E-state index in [4.69, 9.17) is 9.47 Å². The van der Waals surface area contributed by atoms with Crippen LogP contribution in [0.4, 0.5) is 4.79 Å². The molecule has 10 heteroatoms. The Morgan fingerprint density at radius 1 is 1.16 bits per heavy atom. The summed E-state index contributed by atoms with van der Waals surface area (Å²) in [6.45, 7) is 11.1. The van der Waals surface area contributed by atoms with Gasteiger partial charge in [-0.05, 0) is 71.9 Å². The fourth-order valence-corrected chi connectivity index (χ4v) is 4.34. The standard InChI is InChI=1S/C27H41N3O6S/c1-7-35-22(31)13-14-28-24(32)23(20-15-17(2)11-12-18(20)3)30(19-9-8-10-19)25(33)21(16-37)29-26(34)36-27(4,5)6/h11-12,15,19,21,23,37H,7-10,13-14,16H2,1-6H3,(H,28,32)(H,29,34). The van der Waals surface area contributed by atoms with Gasteiger partial charge in [0.25, 0.3) is 0 Å². The molecular formula is C27H41N3O6S. The molecule has 206 valence electrons.